The Morgan fingerprint density at radius 1 is 1.06 bits per heavy atom. The standard InChI is InChI=1S/C31H31F3N6O7S/c1-20-10-12-24(13-11-20)27-19-29(31(32,33)34)35-39(27)25-14-16-26(17-15-25)48(44,45)36-30(42)28(18-23-8-6-5-7-9-23)38(4)40(43)37-47-22(3)46-21(2)41/h5-17,19,22,28H,18H2,1-4H3,(H,36,42)/t22?,28-/m0/s1. The number of sulfonamides is 1. The summed E-state index contributed by atoms with van der Waals surface area (Å²) in [4.78, 5) is 28.8. The Hall–Kier alpha value is -5.45. The summed E-state index contributed by atoms with van der Waals surface area (Å²) in [6, 6.07) is 19.4. The molecule has 13 nitrogen and oxygen atoms in total. The summed E-state index contributed by atoms with van der Waals surface area (Å²) in [6.45, 7) is 4.26. The molecule has 0 saturated heterocycles. The van der Waals surface area contributed by atoms with Gasteiger partial charge in [-0.2, -0.15) is 18.3 Å². The lowest BCUT2D eigenvalue weighted by Gasteiger charge is -2.23. The van der Waals surface area contributed by atoms with Crippen LogP contribution in [0.5, 0.6) is 0 Å². The van der Waals surface area contributed by atoms with Crippen LogP contribution in [-0.2, 0) is 41.8 Å². The lowest BCUT2D eigenvalue weighted by atomic mass is 10.1. The van der Waals surface area contributed by atoms with Crippen LogP contribution in [0.3, 0.4) is 0 Å². The van der Waals surface area contributed by atoms with Crippen LogP contribution in [0.25, 0.3) is 16.9 Å². The quantitative estimate of drug-likeness (QED) is 0.0716. The number of nitrogens with zero attached hydrogens (tertiary/aromatic N) is 5. The Morgan fingerprint density at radius 2 is 1.69 bits per heavy atom. The van der Waals surface area contributed by atoms with Gasteiger partial charge in [-0.25, -0.2) is 17.8 Å². The van der Waals surface area contributed by atoms with E-state index in [0.717, 1.165) is 40.4 Å². The fraction of sp³-hybridized carbons (Fsp3) is 0.258. The third kappa shape index (κ3) is 8.87. The Bertz CT molecular complexity index is 1880. The van der Waals surface area contributed by atoms with Gasteiger partial charge >= 0.3 is 12.1 Å². The molecule has 0 radical (unpaired) electrons. The van der Waals surface area contributed by atoms with E-state index < -0.39 is 46.1 Å². The highest BCUT2D eigenvalue weighted by molar-refractivity contribution is 7.90. The van der Waals surface area contributed by atoms with E-state index in [-0.39, 0.29) is 27.7 Å². The SMILES string of the molecule is CC(=O)OC(C)ON=[N+]([O-])N(C)[C@@H](Cc1ccccc1)C(=O)NS(=O)(=O)c1ccc(-n2nc(C(F)(F)F)cc2-c2ccc(C)cc2)cc1. The molecule has 0 spiro atoms. The molecule has 0 bridgehead atoms. The van der Waals surface area contributed by atoms with Gasteiger partial charge in [0.05, 0.1) is 28.3 Å². The number of hydrogen-bond acceptors (Lipinski definition) is 9. The van der Waals surface area contributed by atoms with Gasteiger partial charge in [-0.1, -0.05) is 60.2 Å². The number of carbonyl (C=O) groups is 2. The molecular weight excluding hydrogens is 657 g/mol. The molecule has 1 unspecified atom stereocenters. The average molecular weight is 689 g/mol. The van der Waals surface area contributed by atoms with Crippen molar-refractivity contribution in [2.45, 2.75) is 50.6 Å². The minimum Gasteiger partial charge on any atom is -0.569 e. The van der Waals surface area contributed by atoms with Crippen LogP contribution in [0.2, 0.25) is 0 Å². The van der Waals surface area contributed by atoms with Crippen LogP contribution < -0.4 is 4.72 Å². The van der Waals surface area contributed by atoms with Crippen LogP contribution in [0, 0.1) is 12.1 Å². The smallest absolute Gasteiger partial charge is 0.435 e. The second-order valence-corrected chi connectivity index (χ2v) is 12.2. The predicted molar refractivity (Wildman–Crippen MR) is 164 cm³/mol. The van der Waals surface area contributed by atoms with Crippen molar-refractivity contribution in [3.8, 4) is 16.9 Å². The first-order valence-corrected chi connectivity index (χ1v) is 15.7. The highest BCUT2D eigenvalue weighted by Crippen LogP contribution is 2.33. The minimum absolute atomic E-state index is 0.0977. The molecule has 17 heteroatoms. The number of esters is 1. The fourth-order valence-corrected chi connectivity index (χ4v) is 5.46. The van der Waals surface area contributed by atoms with E-state index in [0.29, 0.717) is 11.1 Å². The lowest BCUT2D eigenvalue weighted by Crippen LogP contribution is -2.50. The van der Waals surface area contributed by atoms with E-state index in [1.54, 1.807) is 54.6 Å². The largest absolute Gasteiger partial charge is 0.569 e. The van der Waals surface area contributed by atoms with Gasteiger partial charge in [-0.15, -0.1) is 5.01 Å². The number of benzene rings is 3. The number of carbonyl (C=O) groups excluding carboxylic acids is 2. The van der Waals surface area contributed by atoms with Gasteiger partial charge in [0, 0.05) is 25.8 Å². The van der Waals surface area contributed by atoms with E-state index >= 15 is 0 Å². The highest BCUT2D eigenvalue weighted by atomic mass is 32.2. The zero-order valence-corrected chi connectivity index (χ0v) is 26.9. The normalized spacial score (nSPS) is 13.4. The van der Waals surface area contributed by atoms with Crippen molar-refractivity contribution in [3.63, 3.8) is 0 Å². The molecular formula is C31H31F3N6O7S. The molecule has 4 rings (SSSR count). The molecule has 0 aliphatic rings. The summed E-state index contributed by atoms with van der Waals surface area (Å²) in [5.41, 5.74) is 1.04. The topological polar surface area (TPSA) is 158 Å². The number of hydrogen-bond donors (Lipinski definition) is 1. The number of amides is 1. The molecule has 3 aromatic carbocycles. The molecule has 254 valence electrons. The number of nitrogens with one attached hydrogen (secondary N) is 1. The molecule has 0 saturated carbocycles. The summed E-state index contributed by atoms with van der Waals surface area (Å²) in [7, 11) is -3.38. The molecule has 0 aliphatic carbocycles. The first-order chi connectivity index (χ1) is 22.5. The second-order valence-electron chi connectivity index (χ2n) is 10.6. The Morgan fingerprint density at radius 3 is 2.27 bits per heavy atom. The first kappa shape index (κ1) is 35.4. The number of aryl methyl sites for hydroxylation is 1. The number of rotatable bonds is 12. The van der Waals surface area contributed by atoms with Gasteiger partial charge in [0.2, 0.25) is 5.28 Å². The Kier molecular flexibility index (Phi) is 10.7. The molecule has 1 amide bonds. The molecule has 1 aromatic heterocycles. The van der Waals surface area contributed by atoms with E-state index in [9.17, 15) is 36.4 Å². The van der Waals surface area contributed by atoms with Crippen molar-refractivity contribution < 1.29 is 45.7 Å². The molecule has 4 aromatic rings. The number of hydrazine groups is 1. The number of halogens is 3. The first-order valence-electron chi connectivity index (χ1n) is 14.2. The maximum absolute atomic E-state index is 13.6. The maximum Gasteiger partial charge on any atom is 0.435 e. The molecule has 0 fully saturated rings. The molecule has 2 atom stereocenters. The lowest BCUT2D eigenvalue weighted by molar-refractivity contribution is -0.712. The monoisotopic (exact) mass is 688 g/mol. The third-order valence-electron chi connectivity index (χ3n) is 6.87. The zero-order chi connectivity index (χ0) is 35.2. The van der Waals surface area contributed by atoms with E-state index in [2.05, 4.69) is 10.4 Å². The Balaban J connectivity index is 1.60. The molecule has 48 heavy (non-hydrogen) atoms. The zero-order valence-electron chi connectivity index (χ0n) is 26.1. The summed E-state index contributed by atoms with van der Waals surface area (Å²) in [5.74, 6) is -1.79. The van der Waals surface area contributed by atoms with Crippen LogP contribution >= 0.6 is 0 Å². The Labute approximate surface area is 273 Å². The highest BCUT2D eigenvalue weighted by Gasteiger charge is 2.36. The number of ether oxygens (including phenoxy) is 1. The summed E-state index contributed by atoms with van der Waals surface area (Å²) >= 11 is 0. The van der Waals surface area contributed by atoms with Crippen molar-refractivity contribution in [2.75, 3.05) is 7.05 Å². The third-order valence-corrected chi connectivity index (χ3v) is 8.23. The second kappa shape index (κ2) is 14.5. The minimum atomic E-state index is -4.73. The average Bonchev–Trinajstić information content (AvgIpc) is 3.49. The van der Waals surface area contributed by atoms with Crippen molar-refractivity contribution in [3.05, 3.63) is 107 Å². The number of aromatic nitrogens is 2. The summed E-state index contributed by atoms with van der Waals surface area (Å²) in [5, 5.41) is 20.5. The molecule has 0 aliphatic heterocycles. The summed E-state index contributed by atoms with van der Waals surface area (Å²) in [6.07, 6.45) is -6.10. The molecule has 1 N–H and O–H groups in total. The van der Waals surface area contributed by atoms with Gasteiger partial charge in [0.15, 0.2) is 11.7 Å². The van der Waals surface area contributed by atoms with Crippen LogP contribution in [0.15, 0.2) is 95.1 Å². The van der Waals surface area contributed by atoms with Gasteiger partial charge < -0.3 is 9.94 Å². The van der Waals surface area contributed by atoms with Crippen molar-refractivity contribution in [1.29, 1.82) is 0 Å². The van der Waals surface area contributed by atoms with Crippen LogP contribution in [0.1, 0.15) is 30.7 Å². The predicted octanol–water partition coefficient (Wildman–Crippen LogP) is 4.93. The van der Waals surface area contributed by atoms with E-state index in [1.807, 2.05) is 11.6 Å². The van der Waals surface area contributed by atoms with Gasteiger partial charge in [0.1, 0.15) is 0 Å². The maximum atomic E-state index is 13.6. The van der Waals surface area contributed by atoms with Crippen molar-refractivity contribution in [1.82, 2.24) is 19.5 Å². The van der Waals surface area contributed by atoms with Crippen molar-refractivity contribution in [2.24, 2.45) is 5.28 Å². The van der Waals surface area contributed by atoms with Gasteiger partial charge in [-0.05, 0) is 42.8 Å². The van der Waals surface area contributed by atoms with Crippen LogP contribution in [-0.4, -0.2) is 59.4 Å². The van der Waals surface area contributed by atoms with Crippen molar-refractivity contribution >= 4 is 21.9 Å². The van der Waals surface area contributed by atoms with Crippen LogP contribution in [0.4, 0.5) is 13.2 Å². The van der Waals surface area contributed by atoms with E-state index in [4.69, 9.17) is 9.57 Å². The van der Waals surface area contributed by atoms with Gasteiger partial charge in [0.25, 0.3) is 22.2 Å². The summed E-state index contributed by atoms with van der Waals surface area (Å²) < 4.78 is 75.1. The number of alkyl halides is 3. The molecule has 1 heterocycles. The number of likely N-dealkylation sites (N-methyl/N-ethyl adjacent to an activating group) is 1. The van der Waals surface area contributed by atoms with E-state index in [1.165, 1.54) is 26.1 Å². The fourth-order valence-electron chi connectivity index (χ4n) is 4.44. The van der Waals surface area contributed by atoms with Gasteiger partial charge in [-0.3, -0.25) is 14.4 Å².